The van der Waals surface area contributed by atoms with Gasteiger partial charge >= 0.3 is 0 Å². The number of hydrogen-bond acceptors (Lipinski definition) is 2. The Balaban J connectivity index is 2.53. The summed E-state index contributed by atoms with van der Waals surface area (Å²) in [5.41, 5.74) is 0.319. The summed E-state index contributed by atoms with van der Waals surface area (Å²) in [5.74, 6) is 0. The van der Waals surface area contributed by atoms with E-state index in [9.17, 15) is 0 Å². The minimum absolute atomic E-state index is 0.319. The minimum atomic E-state index is 0.319. The van der Waals surface area contributed by atoms with E-state index in [1.54, 1.807) is 0 Å². The number of rotatable bonds is 0. The number of nitrogens with zero attached hydrogens (tertiary/aromatic N) is 1. The van der Waals surface area contributed by atoms with Gasteiger partial charge in [-0.25, -0.2) is 0 Å². The van der Waals surface area contributed by atoms with Crippen molar-refractivity contribution in [1.82, 2.24) is 5.32 Å². The van der Waals surface area contributed by atoms with E-state index in [1.165, 1.54) is 0 Å². The second-order valence-electron chi connectivity index (χ2n) is 3.54. The van der Waals surface area contributed by atoms with Crippen molar-refractivity contribution in [1.29, 1.82) is 0 Å². The molecule has 2 heteroatoms. The van der Waals surface area contributed by atoms with Crippen molar-refractivity contribution in [2.45, 2.75) is 26.8 Å². The summed E-state index contributed by atoms with van der Waals surface area (Å²) in [6.07, 6.45) is 2.00. The maximum absolute atomic E-state index is 4.10. The molecule has 0 amide bonds. The molecule has 0 aromatic rings. The first-order valence-corrected chi connectivity index (χ1v) is 3.34. The first-order valence-electron chi connectivity index (χ1n) is 3.34. The number of hydrogen-bond donors (Lipinski definition) is 1. The van der Waals surface area contributed by atoms with Crippen molar-refractivity contribution in [3.8, 4) is 0 Å². The quantitative estimate of drug-likeness (QED) is 0.515. The largest absolute Gasteiger partial charge is 0.290 e. The van der Waals surface area contributed by atoms with Crippen LogP contribution in [-0.4, -0.2) is 18.9 Å². The Bertz CT molecular complexity index is 121. The van der Waals surface area contributed by atoms with E-state index in [-0.39, 0.29) is 0 Å². The van der Waals surface area contributed by atoms with Crippen molar-refractivity contribution in [3.05, 3.63) is 0 Å². The standard InChI is InChI=1S/C7H14N2/c1-7(2,3)6-4-8-5-9-6/h4,6,9H,5H2,1-3H3. The molecule has 0 aromatic carbocycles. The van der Waals surface area contributed by atoms with Crippen LogP contribution in [0.5, 0.6) is 0 Å². The summed E-state index contributed by atoms with van der Waals surface area (Å²) in [6, 6.07) is 0.470. The highest BCUT2D eigenvalue weighted by atomic mass is 15.1. The highest BCUT2D eigenvalue weighted by Gasteiger charge is 2.23. The van der Waals surface area contributed by atoms with Crippen LogP contribution in [0.2, 0.25) is 0 Å². The van der Waals surface area contributed by atoms with Crippen molar-refractivity contribution >= 4 is 6.21 Å². The van der Waals surface area contributed by atoms with Gasteiger partial charge in [-0.15, -0.1) is 0 Å². The van der Waals surface area contributed by atoms with Crippen LogP contribution < -0.4 is 5.32 Å². The molecule has 0 aromatic heterocycles. The van der Waals surface area contributed by atoms with Crippen LogP contribution in [0.4, 0.5) is 0 Å². The van der Waals surface area contributed by atoms with Gasteiger partial charge in [0.05, 0.1) is 6.67 Å². The van der Waals surface area contributed by atoms with Crippen molar-refractivity contribution in [2.24, 2.45) is 10.4 Å². The average molecular weight is 126 g/mol. The first-order chi connectivity index (χ1) is 4.11. The molecule has 9 heavy (non-hydrogen) atoms. The van der Waals surface area contributed by atoms with Gasteiger partial charge in [0.25, 0.3) is 0 Å². The predicted octanol–water partition coefficient (Wildman–Crippen LogP) is 1.03. The molecule has 2 nitrogen and oxygen atoms in total. The fourth-order valence-electron chi connectivity index (χ4n) is 0.892. The second kappa shape index (κ2) is 2.10. The maximum atomic E-state index is 4.10. The highest BCUT2D eigenvalue weighted by molar-refractivity contribution is 5.67. The Labute approximate surface area is 56.4 Å². The maximum Gasteiger partial charge on any atom is 0.0886 e. The van der Waals surface area contributed by atoms with Gasteiger partial charge < -0.3 is 0 Å². The van der Waals surface area contributed by atoms with E-state index in [2.05, 4.69) is 31.1 Å². The lowest BCUT2D eigenvalue weighted by atomic mass is 9.88. The van der Waals surface area contributed by atoms with Crippen molar-refractivity contribution in [2.75, 3.05) is 6.67 Å². The lowest BCUT2D eigenvalue weighted by Crippen LogP contribution is -2.37. The van der Waals surface area contributed by atoms with Gasteiger partial charge in [-0.2, -0.15) is 0 Å². The van der Waals surface area contributed by atoms with E-state index in [4.69, 9.17) is 0 Å². The van der Waals surface area contributed by atoms with E-state index in [0.717, 1.165) is 6.67 Å². The van der Waals surface area contributed by atoms with Crippen LogP contribution in [0, 0.1) is 5.41 Å². The van der Waals surface area contributed by atoms with Crippen LogP contribution in [0.1, 0.15) is 20.8 Å². The molecular weight excluding hydrogens is 112 g/mol. The summed E-state index contributed by atoms with van der Waals surface area (Å²) in [5, 5.41) is 3.27. The van der Waals surface area contributed by atoms with Crippen LogP contribution in [-0.2, 0) is 0 Å². The Morgan fingerprint density at radius 2 is 2.22 bits per heavy atom. The molecule has 1 rings (SSSR count). The van der Waals surface area contributed by atoms with Gasteiger partial charge in [0.1, 0.15) is 0 Å². The highest BCUT2D eigenvalue weighted by Crippen LogP contribution is 2.18. The van der Waals surface area contributed by atoms with E-state index in [1.807, 2.05) is 6.21 Å². The van der Waals surface area contributed by atoms with E-state index < -0.39 is 0 Å². The molecule has 1 aliphatic heterocycles. The molecule has 1 aliphatic rings. The molecule has 52 valence electrons. The zero-order valence-electron chi connectivity index (χ0n) is 6.31. The molecule has 1 atom stereocenters. The van der Waals surface area contributed by atoms with Crippen LogP contribution in [0.25, 0.3) is 0 Å². The van der Waals surface area contributed by atoms with Gasteiger partial charge in [-0.3, -0.25) is 10.3 Å². The van der Waals surface area contributed by atoms with E-state index >= 15 is 0 Å². The lowest BCUT2D eigenvalue weighted by Gasteiger charge is -2.24. The SMILES string of the molecule is CC(C)(C)C1C=NCN1. The van der Waals surface area contributed by atoms with Crippen LogP contribution in [0.15, 0.2) is 4.99 Å². The molecule has 0 aliphatic carbocycles. The van der Waals surface area contributed by atoms with Gasteiger partial charge in [-0.1, -0.05) is 20.8 Å². The molecule has 1 N–H and O–H groups in total. The summed E-state index contributed by atoms with van der Waals surface area (Å²) in [6.45, 7) is 7.42. The number of nitrogens with one attached hydrogen (secondary N) is 1. The van der Waals surface area contributed by atoms with Gasteiger partial charge in [0, 0.05) is 12.3 Å². The summed E-state index contributed by atoms with van der Waals surface area (Å²) in [4.78, 5) is 4.10. The number of aliphatic imine (C=N–C) groups is 1. The Hall–Kier alpha value is -0.370. The third-order valence-electron chi connectivity index (χ3n) is 1.59. The molecule has 0 spiro atoms. The van der Waals surface area contributed by atoms with Crippen molar-refractivity contribution in [3.63, 3.8) is 0 Å². The molecular formula is C7H14N2. The minimum Gasteiger partial charge on any atom is -0.290 e. The second-order valence-corrected chi connectivity index (χ2v) is 3.54. The molecule has 1 unspecified atom stereocenters. The van der Waals surface area contributed by atoms with Crippen LogP contribution >= 0.6 is 0 Å². The third-order valence-corrected chi connectivity index (χ3v) is 1.59. The average Bonchev–Trinajstić information content (AvgIpc) is 2.08. The molecule has 0 fully saturated rings. The molecule has 1 heterocycles. The smallest absolute Gasteiger partial charge is 0.0886 e. The van der Waals surface area contributed by atoms with Crippen LogP contribution in [0.3, 0.4) is 0 Å². The summed E-state index contributed by atoms with van der Waals surface area (Å²) in [7, 11) is 0. The monoisotopic (exact) mass is 126 g/mol. The lowest BCUT2D eigenvalue weighted by molar-refractivity contribution is 0.350. The Morgan fingerprint density at radius 3 is 2.44 bits per heavy atom. The topological polar surface area (TPSA) is 24.4 Å². The molecule has 0 bridgehead atoms. The van der Waals surface area contributed by atoms with Gasteiger partial charge in [0.15, 0.2) is 0 Å². The zero-order valence-corrected chi connectivity index (χ0v) is 6.31. The third kappa shape index (κ3) is 1.52. The fraction of sp³-hybridized carbons (Fsp3) is 0.857. The molecule has 0 radical (unpaired) electrons. The van der Waals surface area contributed by atoms with Gasteiger partial charge in [0.2, 0.25) is 0 Å². The van der Waals surface area contributed by atoms with E-state index in [0.29, 0.717) is 11.5 Å². The Kier molecular flexibility index (Phi) is 1.58. The summed E-state index contributed by atoms with van der Waals surface area (Å²) >= 11 is 0. The molecule has 0 saturated carbocycles. The zero-order chi connectivity index (χ0) is 6.91. The fourth-order valence-corrected chi connectivity index (χ4v) is 0.892. The normalized spacial score (nSPS) is 27.2. The van der Waals surface area contributed by atoms with Crippen molar-refractivity contribution < 1.29 is 0 Å². The first kappa shape index (κ1) is 6.75. The predicted molar refractivity (Wildman–Crippen MR) is 39.7 cm³/mol. The Morgan fingerprint density at radius 1 is 1.56 bits per heavy atom. The summed E-state index contributed by atoms with van der Waals surface area (Å²) < 4.78 is 0. The molecule has 0 saturated heterocycles. The van der Waals surface area contributed by atoms with Gasteiger partial charge in [-0.05, 0) is 5.41 Å².